The molecule has 3 aromatic carbocycles. The Labute approximate surface area is 248 Å². The summed E-state index contributed by atoms with van der Waals surface area (Å²) in [5.41, 5.74) is 2.39. The third kappa shape index (κ3) is 7.46. The standard InChI is InChI=1S/C31H33N3O5S2/c1-19-23(12-8-13-26(19)35)30(38)33-25(15-21-9-4-3-5-10-21)29(37)31(39)32-16-28(36)34(20(2)40)17-22-18-41-27-14-7-6-11-24(22)27/h3-14,18,20,25,29,35,37,40H,15-17H2,1-2H3,(H,32,39)(H,33,38)/t20?,25-,29?/m0/s1. The molecule has 0 saturated heterocycles. The van der Waals surface area contributed by atoms with E-state index in [-0.39, 0.29) is 30.2 Å². The summed E-state index contributed by atoms with van der Waals surface area (Å²) in [6.07, 6.45) is -1.48. The van der Waals surface area contributed by atoms with E-state index in [2.05, 4.69) is 23.3 Å². The fraction of sp³-hybridized carbons (Fsp3) is 0.258. The number of phenols is 1. The van der Waals surface area contributed by atoms with Crippen molar-refractivity contribution in [2.75, 3.05) is 6.54 Å². The van der Waals surface area contributed by atoms with Gasteiger partial charge in [0.2, 0.25) is 5.91 Å². The van der Waals surface area contributed by atoms with Crippen LogP contribution in [0.25, 0.3) is 10.1 Å². The first-order valence-electron chi connectivity index (χ1n) is 13.2. The molecule has 0 bridgehead atoms. The molecule has 4 aromatic rings. The molecule has 3 amide bonds. The second-order valence-corrected chi connectivity index (χ2v) is 11.5. The summed E-state index contributed by atoms with van der Waals surface area (Å²) >= 11 is 6.08. The number of rotatable bonds is 11. The van der Waals surface area contributed by atoms with Gasteiger partial charge in [0.25, 0.3) is 11.8 Å². The number of thiol groups is 1. The fourth-order valence-corrected chi connectivity index (χ4v) is 5.71. The highest BCUT2D eigenvalue weighted by Crippen LogP contribution is 2.27. The Bertz CT molecular complexity index is 1520. The molecule has 0 radical (unpaired) electrons. The number of amides is 3. The summed E-state index contributed by atoms with van der Waals surface area (Å²) < 4.78 is 1.12. The Balaban J connectivity index is 1.45. The third-order valence-electron chi connectivity index (χ3n) is 6.90. The summed E-state index contributed by atoms with van der Waals surface area (Å²) in [5, 5.41) is 29.0. The summed E-state index contributed by atoms with van der Waals surface area (Å²) in [6.45, 7) is 3.36. The normalized spacial score (nSPS) is 13.3. The van der Waals surface area contributed by atoms with Gasteiger partial charge in [0.15, 0.2) is 6.10 Å². The second kappa shape index (κ2) is 13.7. The number of thiophene rings is 1. The zero-order valence-corrected chi connectivity index (χ0v) is 24.5. The Morgan fingerprint density at radius 1 is 1.00 bits per heavy atom. The number of hydrogen-bond donors (Lipinski definition) is 5. The van der Waals surface area contributed by atoms with Crippen LogP contribution in [0.2, 0.25) is 0 Å². The van der Waals surface area contributed by atoms with Crippen molar-refractivity contribution in [3.8, 4) is 5.75 Å². The minimum absolute atomic E-state index is 0.0347. The van der Waals surface area contributed by atoms with Crippen molar-refractivity contribution in [2.24, 2.45) is 0 Å². The van der Waals surface area contributed by atoms with Crippen LogP contribution < -0.4 is 10.6 Å². The molecule has 41 heavy (non-hydrogen) atoms. The van der Waals surface area contributed by atoms with E-state index in [4.69, 9.17) is 0 Å². The second-order valence-electron chi connectivity index (χ2n) is 9.79. The molecule has 0 fully saturated rings. The smallest absolute Gasteiger partial charge is 0.252 e. The topological polar surface area (TPSA) is 119 Å². The lowest BCUT2D eigenvalue weighted by Gasteiger charge is -2.27. The van der Waals surface area contributed by atoms with Crippen molar-refractivity contribution in [3.05, 3.63) is 100 Å². The van der Waals surface area contributed by atoms with Gasteiger partial charge in [-0.15, -0.1) is 11.3 Å². The number of hydrogen-bond acceptors (Lipinski definition) is 7. The van der Waals surface area contributed by atoms with E-state index >= 15 is 0 Å². The van der Waals surface area contributed by atoms with Gasteiger partial charge in [0.1, 0.15) is 5.75 Å². The first kappa shape index (κ1) is 30.1. The van der Waals surface area contributed by atoms with Gasteiger partial charge < -0.3 is 25.7 Å². The molecule has 1 heterocycles. The van der Waals surface area contributed by atoms with Crippen LogP contribution in [0.3, 0.4) is 0 Å². The Morgan fingerprint density at radius 3 is 2.44 bits per heavy atom. The number of aliphatic hydroxyl groups is 1. The minimum atomic E-state index is -1.65. The molecule has 0 aliphatic rings. The minimum Gasteiger partial charge on any atom is -0.508 e. The summed E-state index contributed by atoms with van der Waals surface area (Å²) in [6, 6.07) is 20.7. The molecule has 214 valence electrons. The molecule has 4 rings (SSSR count). The molecule has 0 saturated carbocycles. The third-order valence-corrected chi connectivity index (χ3v) is 8.19. The number of nitrogens with one attached hydrogen (secondary N) is 2. The Morgan fingerprint density at radius 2 is 1.71 bits per heavy atom. The van der Waals surface area contributed by atoms with Crippen LogP contribution in [0, 0.1) is 6.92 Å². The number of fused-ring (bicyclic) bond motifs is 1. The van der Waals surface area contributed by atoms with Crippen LogP contribution in [0.15, 0.2) is 78.2 Å². The predicted molar refractivity (Wildman–Crippen MR) is 164 cm³/mol. The van der Waals surface area contributed by atoms with Gasteiger partial charge in [0.05, 0.1) is 18.0 Å². The van der Waals surface area contributed by atoms with Crippen LogP contribution >= 0.6 is 24.0 Å². The lowest BCUT2D eigenvalue weighted by Crippen LogP contribution is -2.53. The van der Waals surface area contributed by atoms with Crippen LogP contribution in [0.5, 0.6) is 5.75 Å². The molecule has 2 unspecified atom stereocenters. The van der Waals surface area contributed by atoms with Crippen molar-refractivity contribution in [2.45, 2.75) is 44.3 Å². The number of benzene rings is 3. The number of nitrogens with zero attached hydrogens (tertiary/aromatic N) is 1. The number of aromatic hydroxyl groups is 1. The monoisotopic (exact) mass is 591 g/mol. The zero-order valence-electron chi connectivity index (χ0n) is 22.8. The molecule has 0 aliphatic heterocycles. The maximum atomic E-state index is 13.2. The van der Waals surface area contributed by atoms with Crippen LogP contribution in [0.4, 0.5) is 0 Å². The lowest BCUT2D eigenvalue weighted by molar-refractivity contribution is -0.136. The average molecular weight is 592 g/mol. The molecule has 4 N–H and O–H groups in total. The molecule has 0 aliphatic carbocycles. The first-order valence-corrected chi connectivity index (χ1v) is 14.6. The van der Waals surface area contributed by atoms with Gasteiger partial charge in [-0.3, -0.25) is 14.4 Å². The van der Waals surface area contributed by atoms with E-state index in [1.807, 2.05) is 60.0 Å². The van der Waals surface area contributed by atoms with E-state index in [1.165, 1.54) is 6.07 Å². The average Bonchev–Trinajstić information content (AvgIpc) is 3.38. The highest BCUT2D eigenvalue weighted by atomic mass is 32.1. The van der Waals surface area contributed by atoms with Crippen molar-refractivity contribution in [1.82, 2.24) is 15.5 Å². The highest BCUT2D eigenvalue weighted by Gasteiger charge is 2.30. The number of phenolic OH excluding ortho intramolecular Hbond substituents is 1. The van der Waals surface area contributed by atoms with E-state index in [1.54, 1.807) is 42.2 Å². The lowest BCUT2D eigenvalue weighted by atomic mass is 9.99. The Hall–Kier alpha value is -3.86. The largest absolute Gasteiger partial charge is 0.508 e. The van der Waals surface area contributed by atoms with Crippen LogP contribution in [-0.4, -0.2) is 56.9 Å². The van der Waals surface area contributed by atoms with Crippen molar-refractivity contribution < 1.29 is 24.6 Å². The van der Waals surface area contributed by atoms with Crippen molar-refractivity contribution in [3.63, 3.8) is 0 Å². The van der Waals surface area contributed by atoms with E-state index in [0.29, 0.717) is 12.1 Å². The van der Waals surface area contributed by atoms with E-state index in [9.17, 15) is 24.6 Å². The summed E-state index contributed by atoms with van der Waals surface area (Å²) in [5.74, 6) is -1.73. The van der Waals surface area contributed by atoms with E-state index < -0.39 is 29.3 Å². The molecule has 8 nitrogen and oxygen atoms in total. The fourth-order valence-electron chi connectivity index (χ4n) is 4.54. The van der Waals surface area contributed by atoms with E-state index in [0.717, 1.165) is 21.2 Å². The van der Waals surface area contributed by atoms with Crippen LogP contribution in [0.1, 0.15) is 34.0 Å². The molecule has 1 aromatic heterocycles. The maximum absolute atomic E-state index is 13.2. The highest BCUT2D eigenvalue weighted by molar-refractivity contribution is 7.80. The van der Waals surface area contributed by atoms with Crippen LogP contribution in [-0.2, 0) is 22.6 Å². The number of aliphatic hydroxyl groups excluding tert-OH is 1. The number of carbonyl (C=O) groups excluding carboxylic acids is 3. The first-order chi connectivity index (χ1) is 19.7. The van der Waals surface area contributed by atoms with Gasteiger partial charge in [-0.05, 0) is 60.4 Å². The zero-order chi connectivity index (χ0) is 29.5. The molecular weight excluding hydrogens is 558 g/mol. The molecular formula is C31H33N3O5S2. The SMILES string of the molecule is Cc1c(O)cccc1C(=O)N[C@@H](Cc1ccccc1)C(O)C(=O)NCC(=O)N(Cc1csc2ccccc12)C(C)S. The maximum Gasteiger partial charge on any atom is 0.252 e. The van der Waals surface area contributed by atoms with Gasteiger partial charge in [-0.1, -0.05) is 54.6 Å². The predicted octanol–water partition coefficient (Wildman–Crippen LogP) is 4.04. The molecule has 0 spiro atoms. The molecule has 10 heteroatoms. The summed E-state index contributed by atoms with van der Waals surface area (Å²) in [4.78, 5) is 40.9. The molecule has 3 atom stereocenters. The quantitative estimate of drug-likeness (QED) is 0.133. The van der Waals surface area contributed by atoms with Gasteiger partial charge >= 0.3 is 0 Å². The van der Waals surface area contributed by atoms with Crippen molar-refractivity contribution >= 4 is 51.8 Å². The van der Waals surface area contributed by atoms with Gasteiger partial charge in [-0.25, -0.2) is 0 Å². The van der Waals surface area contributed by atoms with Gasteiger partial charge in [0, 0.05) is 22.4 Å². The summed E-state index contributed by atoms with van der Waals surface area (Å²) in [7, 11) is 0. The van der Waals surface area contributed by atoms with Gasteiger partial charge in [-0.2, -0.15) is 12.6 Å². The van der Waals surface area contributed by atoms with Crippen molar-refractivity contribution in [1.29, 1.82) is 0 Å². The number of carbonyl (C=O) groups is 3. The Kier molecular flexibility index (Phi) is 10.0.